The van der Waals surface area contributed by atoms with E-state index in [2.05, 4.69) is 22.4 Å². The van der Waals surface area contributed by atoms with E-state index in [1.54, 1.807) is 0 Å². The van der Waals surface area contributed by atoms with Crippen molar-refractivity contribution in [2.24, 2.45) is 5.73 Å². The van der Waals surface area contributed by atoms with E-state index in [9.17, 15) is 0 Å². The molecule has 0 atom stereocenters. The molecule has 1 saturated heterocycles. The van der Waals surface area contributed by atoms with Gasteiger partial charge >= 0.3 is 0 Å². The summed E-state index contributed by atoms with van der Waals surface area (Å²) in [6, 6.07) is 0.891. The molecular weight excluding hydrogens is 246 g/mol. The molecule has 1 heterocycles. The van der Waals surface area contributed by atoms with E-state index < -0.39 is 0 Å². The lowest BCUT2D eigenvalue weighted by Crippen LogP contribution is -2.44. The zero-order chi connectivity index (χ0) is 13.2. The molecule has 0 spiro atoms. The van der Waals surface area contributed by atoms with Crippen LogP contribution in [0.4, 0.5) is 0 Å². The molecule has 0 aromatic heterocycles. The van der Waals surface area contributed by atoms with E-state index in [-0.39, 0.29) is 0 Å². The molecule has 0 aromatic rings. The van der Waals surface area contributed by atoms with E-state index in [1.165, 1.54) is 45.2 Å². The highest BCUT2D eigenvalue weighted by Crippen LogP contribution is 2.22. The number of thiocarbonyl (C=S) groups is 1. The fourth-order valence-electron chi connectivity index (χ4n) is 2.56. The van der Waals surface area contributed by atoms with Crippen LogP contribution in [-0.2, 0) is 4.74 Å². The maximum Gasteiger partial charge on any atom is 0.163 e. The third-order valence-corrected chi connectivity index (χ3v) is 3.63. The second-order valence-electron chi connectivity index (χ2n) is 4.83. The molecule has 0 unspecified atom stereocenters. The minimum absolute atomic E-state index is 0.373. The summed E-state index contributed by atoms with van der Waals surface area (Å²) in [5.74, 6) is 0. The van der Waals surface area contributed by atoms with Crippen molar-refractivity contribution in [2.75, 3.05) is 32.8 Å². The fourth-order valence-corrected chi connectivity index (χ4v) is 2.71. The van der Waals surface area contributed by atoms with Gasteiger partial charge in [0.05, 0.1) is 13.2 Å². The highest BCUT2D eigenvalue weighted by molar-refractivity contribution is 7.80. The standard InChI is InChI=1S/C10H19NO.C3H8N2S/c1-2-4-10(5-3-1)11-6-8-12-9-7-11;1-2-5-3(4)6/h10H,1-9H2;2H2,1H3,(H3,4,5,6). The van der Waals surface area contributed by atoms with Crippen LogP contribution in [-0.4, -0.2) is 48.9 Å². The molecular formula is C13H27N3OS. The quantitative estimate of drug-likeness (QED) is 0.747. The number of rotatable bonds is 2. The summed E-state index contributed by atoms with van der Waals surface area (Å²) < 4.78 is 5.35. The summed E-state index contributed by atoms with van der Waals surface area (Å²) in [6.07, 6.45) is 7.21. The van der Waals surface area contributed by atoms with Crippen molar-refractivity contribution in [3.05, 3.63) is 0 Å². The first-order valence-corrected chi connectivity index (χ1v) is 7.50. The highest BCUT2D eigenvalue weighted by Gasteiger charge is 2.22. The van der Waals surface area contributed by atoms with Crippen molar-refractivity contribution in [1.29, 1.82) is 0 Å². The summed E-state index contributed by atoms with van der Waals surface area (Å²) in [5.41, 5.74) is 5.02. The average Bonchev–Trinajstić information content (AvgIpc) is 2.41. The predicted octanol–water partition coefficient (Wildman–Crippen LogP) is 1.49. The van der Waals surface area contributed by atoms with Crippen LogP contribution in [0.5, 0.6) is 0 Å². The molecule has 18 heavy (non-hydrogen) atoms. The van der Waals surface area contributed by atoms with Gasteiger partial charge in [0, 0.05) is 25.7 Å². The van der Waals surface area contributed by atoms with E-state index in [0.29, 0.717) is 5.11 Å². The third kappa shape index (κ3) is 6.52. The summed E-state index contributed by atoms with van der Waals surface area (Å²) in [5, 5.41) is 3.09. The number of hydrogen-bond donors (Lipinski definition) is 2. The normalized spacial score (nSPS) is 21.8. The monoisotopic (exact) mass is 273 g/mol. The molecule has 0 amide bonds. The zero-order valence-corrected chi connectivity index (χ0v) is 12.3. The molecule has 2 aliphatic rings. The summed E-state index contributed by atoms with van der Waals surface area (Å²) >= 11 is 4.46. The lowest BCUT2D eigenvalue weighted by molar-refractivity contribution is 0.00858. The molecule has 2 rings (SSSR count). The Labute approximate surface area is 116 Å². The Morgan fingerprint density at radius 1 is 1.28 bits per heavy atom. The van der Waals surface area contributed by atoms with Gasteiger partial charge in [-0.1, -0.05) is 19.3 Å². The van der Waals surface area contributed by atoms with E-state index >= 15 is 0 Å². The van der Waals surface area contributed by atoms with Gasteiger partial charge in [0.15, 0.2) is 5.11 Å². The number of morpholine rings is 1. The van der Waals surface area contributed by atoms with Gasteiger partial charge in [-0.2, -0.15) is 0 Å². The molecule has 106 valence electrons. The molecule has 0 aromatic carbocycles. The van der Waals surface area contributed by atoms with Crippen LogP contribution in [0.15, 0.2) is 0 Å². The molecule has 0 radical (unpaired) electrons. The second-order valence-corrected chi connectivity index (χ2v) is 5.27. The van der Waals surface area contributed by atoms with Crippen LogP contribution in [0, 0.1) is 0 Å². The van der Waals surface area contributed by atoms with Gasteiger partial charge in [-0.3, -0.25) is 4.90 Å². The number of nitrogens with two attached hydrogens (primary N) is 1. The molecule has 3 N–H and O–H groups in total. The van der Waals surface area contributed by atoms with Gasteiger partial charge in [0.2, 0.25) is 0 Å². The highest BCUT2D eigenvalue weighted by atomic mass is 32.1. The zero-order valence-electron chi connectivity index (χ0n) is 11.5. The predicted molar refractivity (Wildman–Crippen MR) is 79.7 cm³/mol. The molecule has 0 bridgehead atoms. The SMILES string of the molecule is C1CCC(N2CCOCC2)CC1.CCNC(N)=S. The number of ether oxygens (including phenoxy) is 1. The first-order chi connectivity index (χ1) is 8.74. The first-order valence-electron chi connectivity index (χ1n) is 7.09. The van der Waals surface area contributed by atoms with Crippen molar-refractivity contribution in [3.63, 3.8) is 0 Å². The van der Waals surface area contributed by atoms with Gasteiger partial charge in [-0.15, -0.1) is 0 Å². The first kappa shape index (κ1) is 15.7. The van der Waals surface area contributed by atoms with Crippen molar-refractivity contribution >= 4 is 17.3 Å². The third-order valence-electron chi connectivity index (χ3n) is 3.49. The van der Waals surface area contributed by atoms with Gasteiger partial charge in [0.1, 0.15) is 0 Å². The van der Waals surface area contributed by atoms with E-state index in [0.717, 1.165) is 25.8 Å². The van der Waals surface area contributed by atoms with Crippen LogP contribution in [0.2, 0.25) is 0 Å². The molecule has 1 aliphatic heterocycles. The smallest absolute Gasteiger partial charge is 0.163 e. The average molecular weight is 273 g/mol. The Morgan fingerprint density at radius 2 is 1.89 bits per heavy atom. The maximum absolute atomic E-state index is 5.35. The summed E-state index contributed by atoms with van der Waals surface area (Å²) in [4.78, 5) is 2.63. The lowest BCUT2D eigenvalue weighted by Gasteiger charge is -2.36. The number of nitrogens with zero attached hydrogens (tertiary/aromatic N) is 1. The van der Waals surface area contributed by atoms with Crippen molar-refractivity contribution in [2.45, 2.75) is 45.1 Å². The summed E-state index contributed by atoms with van der Waals surface area (Å²) in [7, 11) is 0. The Morgan fingerprint density at radius 3 is 2.33 bits per heavy atom. The van der Waals surface area contributed by atoms with Crippen LogP contribution < -0.4 is 11.1 Å². The van der Waals surface area contributed by atoms with Crippen molar-refractivity contribution < 1.29 is 4.74 Å². The molecule has 5 heteroatoms. The Kier molecular flexibility index (Phi) is 8.29. The minimum Gasteiger partial charge on any atom is -0.379 e. The van der Waals surface area contributed by atoms with Crippen LogP contribution in [0.25, 0.3) is 0 Å². The van der Waals surface area contributed by atoms with E-state index in [4.69, 9.17) is 10.5 Å². The Hall–Kier alpha value is -0.390. The van der Waals surface area contributed by atoms with Crippen molar-refractivity contribution in [1.82, 2.24) is 10.2 Å². The second kappa shape index (κ2) is 9.53. The summed E-state index contributed by atoms with van der Waals surface area (Å²) in [6.45, 7) is 7.01. The minimum atomic E-state index is 0.373. The lowest BCUT2D eigenvalue weighted by atomic mass is 9.94. The fraction of sp³-hybridized carbons (Fsp3) is 0.923. The van der Waals surface area contributed by atoms with Gasteiger partial charge < -0.3 is 15.8 Å². The molecule has 4 nitrogen and oxygen atoms in total. The number of nitrogens with one attached hydrogen (secondary N) is 1. The van der Waals surface area contributed by atoms with E-state index in [1.807, 2.05) is 6.92 Å². The molecule has 1 saturated carbocycles. The Balaban J connectivity index is 0.000000232. The Bertz CT molecular complexity index is 210. The van der Waals surface area contributed by atoms with Gasteiger partial charge in [0.25, 0.3) is 0 Å². The van der Waals surface area contributed by atoms with Gasteiger partial charge in [-0.05, 0) is 32.0 Å². The largest absolute Gasteiger partial charge is 0.379 e. The van der Waals surface area contributed by atoms with Crippen molar-refractivity contribution in [3.8, 4) is 0 Å². The van der Waals surface area contributed by atoms with Crippen LogP contribution >= 0.6 is 12.2 Å². The van der Waals surface area contributed by atoms with Crippen LogP contribution in [0.1, 0.15) is 39.0 Å². The molecule has 1 aliphatic carbocycles. The number of hydrogen-bond acceptors (Lipinski definition) is 3. The molecule has 2 fully saturated rings. The van der Waals surface area contributed by atoms with Gasteiger partial charge in [-0.25, -0.2) is 0 Å². The maximum atomic E-state index is 5.35. The topological polar surface area (TPSA) is 50.5 Å². The van der Waals surface area contributed by atoms with Crippen LogP contribution in [0.3, 0.4) is 0 Å².